The molecule has 1 fully saturated rings. The van der Waals surface area contributed by atoms with Crippen molar-refractivity contribution in [3.63, 3.8) is 0 Å². The van der Waals surface area contributed by atoms with Crippen molar-refractivity contribution in [3.05, 3.63) is 105 Å². The lowest BCUT2D eigenvalue weighted by Gasteiger charge is -2.26. The van der Waals surface area contributed by atoms with E-state index in [1.807, 2.05) is 58.0 Å². The van der Waals surface area contributed by atoms with Crippen molar-refractivity contribution in [2.24, 2.45) is 0 Å². The molecule has 0 saturated carbocycles. The molecule has 1 aliphatic heterocycles. The Balaban J connectivity index is 1.89. The van der Waals surface area contributed by atoms with Gasteiger partial charge in [0.25, 0.3) is 11.7 Å². The van der Waals surface area contributed by atoms with Gasteiger partial charge in [-0.05, 0) is 73.7 Å². The smallest absolute Gasteiger partial charge is 0.295 e. The molecule has 33 heavy (non-hydrogen) atoms. The Morgan fingerprint density at radius 3 is 2.18 bits per heavy atom. The van der Waals surface area contributed by atoms with E-state index in [0.29, 0.717) is 11.1 Å². The summed E-state index contributed by atoms with van der Waals surface area (Å²) in [5.74, 6) is -1.48. The quantitative estimate of drug-likeness (QED) is 0.329. The average molecular weight is 442 g/mol. The third kappa shape index (κ3) is 4.14. The summed E-state index contributed by atoms with van der Waals surface area (Å²) in [4.78, 5) is 27.9. The van der Waals surface area contributed by atoms with Crippen LogP contribution in [0, 0.1) is 27.7 Å². The lowest BCUT2D eigenvalue weighted by atomic mass is 9.94. The van der Waals surface area contributed by atoms with Gasteiger partial charge in [-0.15, -0.1) is 0 Å². The average Bonchev–Trinajstić information content (AvgIpc) is 3.03. The van der Waals surface area contributed by atoms with Crippen molar-refractivity contribution in [1.82, 2.24) is 4.90 Å². The first kappa shape index (κ1) is 22.3. The van der Waals surface area contributed by atoms with E-state index in [4.69, 9.17) is 0 Å². The van der Waals surface area contributed by atoms with Crippen molar-refractivity contribution in [2.45, 2.75) is 40.3 Å². The van der Waals surface area contributed by atoms with Gasteiger partial charge in [0.1, 0.15) is 11.5 Å². The molecule has 1 saturated heterocycles. The second-order valence-electron chi connectivity index (χ2n) is 8.75. The van der Waals surface area contributed by atoms with Crippen LogP contribution in [0.3, 0.4) is 0 Å². The van der Waals surface area contributed by atoms with Gasteiger partial charge in [-0.3, -0.25) is 9.59 Å². The maximum absolute atomic E-state index is 13.2. The largest absolute Gasteiger partial charge is 0.508 e. The standard InChI is InChI=1S/C28H27NO4/c1-16-5-6-18(3)22(13-16)15-29-25(20-9-11-23(30)12-10-20)24(27(32)28(29)33)26(31)21-8-7-17(2)19(4)14-21/h5-14,25,30-31H,15H2,1-4H3/b26-24-. The molecule has 1 atom stereocenters. The molecule has 0 radical (unpaired) electrons. The Morgan fingerprint density at radius 2 is 1.52 bits per heavy atom. The summed E-state index contributed by atoms with van der Waals surface area (Å²) in [5.41, 5.74) is 6.24. The number of rotatable bonds is 4. The fourth-order valence-electron chi connectivity index (χ4n) is 4.24. The molecule has 0 spiro atoms. The number of benzene rings is 3. The first-order valence-electron chi connectivity index (χ1n) is 10.9. The van der Waals surface area contributed by atoms with E-state index in [1.54, 1.807) is 18.2 Å². The predicted octanol–water partition coefficient (Wildman–Crippen LogP) is 5.25. The van der Waals surface area contributed by atoms with E-state index in [9.17, 15) is 19.8 Å². The number of carbonyl (C=O) groups is 2. The summed E-state index contributed by atoms with van der Waals surface area (Å²) in [7, 11) is 0. The first-order valence-corrected chi connectivity index (χ1v) is 10.9. The van der Waals surface area contributed by atoms with Crippen LogP contribution in [-0.4, -0.2) is 26.8 Å². The highest BCUT2D eigenvalue weighted by Gasteiger charge is 2.46. The van der Waals surface area contributed by atoms with Crippen LogP contribution in [0.5, 0.6) is 5.75 Å². The van der Waals surface area contributed by atoms with Crippen LogP contribution in [0.25, 0.3) is 5.76 Å². The number of likely N-dealkylation sites (tertiary alicyclic amines) is 1. The molecule has 3 aromatic rings. The fraction of sp³-hybridized carbons (Fsp3) is 0.214. The summed E-state index contributed by atoms with van der Waals surface area (Å²) in [6.07, 6.45) is 0. The second-order valence-corrected chi connectivity index (χ2v) is 8.75. The first-order chi connectivity index (χ1) is 15.7. The SMILES string of the molecule is Cc1ccc(C)c(CN2C(=O)C(=O)/C(=C(\O)c3ccc(C)c(C)c3)C2c2ccc(O)cc2)c1. The second kappa shape index (κ2) is 8.58. The number of carbonyl (C=O) groups excluding carboxylic acids is 2. The number of aliphatic hydroxyl groups excluding tert-OH is 1. The third-order valence-corrected chi connectivity index (χ3v) is 6.37. The van der Waals surface area contributed by atoms with Crippen molar-refractivity contribution in [3.8, 4) is 5.75 Å². The van der Waals surface area contributed by atoms with Gasteiger partial charge in [-0.1, -0.05) is 48.0 Å². The van der Waals surface area contributed by atoms with Crippen LogP contribution >= 0.6 is 0 Å². The topological polar surface area (TPSA) is 77.8 Å². The Labute approximate surface area is 193 Å². The van der Waals surface area contributed by atoms with E-state index in [2.05, 4.69) is 0 Å². The molecule has 5 nitrogen and oxygen atoms in total. The van der Waals surface area contributed by atoms with Crippen molar-refractivity contribution >= 4 is 17.4 Å². The summed E-state index contributed by atoms with van der Waals surface area (Å²) in [6, 6.07) is 17.1. The minimum absolute atomic E-state index is 0.0549. The lowest BCUT2D eigenvalue weighted by molar-refractivity contribution is -0.140. The highest BCUT2D eigenvalue weighted by atomic mass is 16.3. The monoisotopic (exact) mass is 441 g/mol. The number of phenols is 1. The summed E-state index contributed by atoms with van der Waals surface area (Å²) in [6.45, 7) is 8.08. The highest BCUT2D eigenvalue weighted by molar-refractivity contribution is 6.46. The van der Waals surface area contributed by atoms with Gasteiger partial charge in [0, 0.05) is 12.1 Å². The van der Waals surface area contributed by atoms with E-state index < -0.39 is 17.7 Å². The molecule has 0 aromatic heterocycles. The Kier molecular flexibility index (Phi) is 5.81. The number of amides is 1. The van der Waals surface area contributed by atoms with E-state index in [1.165, 1.54) is 17.0 Å². The molecule has 4 rings (SSSR count). The number of aryl methyl sites for hydroxylation is 4. The zero-order valence-corrected chi connectivity index (χ0v) is 19.2. The van der Waals surface area contributed by atoms with Crippen LogP contribution < -0.4 is 0 Å². The van der Waals surface area contributed by atoms with Crippen molar-refractivity contribution < 1.29 is 19.8 Å². The molecule has 1 unspecified atom stereocenters. The molecule has 1 amide bonds. The van der Waals surface area contributed by atoms with Gasteiger partial charge >= 0.3 is 0 Å². The van der Waals surface area contributed by atoms with Crippen LogP contribution in [0.1, 0.15) is 45.0 Å². The number of aromatic hydroxyl groups is 1. The number of hydrogen-bond donors (Lipinski definition) is 2. The van der Waals surface area contributed by atoms with Gasteiger partial charge in [0.15, 0.2) is 0 Å². The number of nitrogens with zero attached hydrogens (tertiary/aromatic N) is 1. The van der Waals surface area contributed by atoms with Crippen LogP contribution in [0.2, 0.25) is 0 Å². The van der Waals surface area contributed by atoms with Crippen molar-refractivity contribution in [1.29, 1.82) is 0 Å². The summed E-state index contributed by atoms with van der Waals surface area (Å²) in [5, 5.41) is 21.0. The predicted molar refractivity (Wildman–Crippen MR) is 128 cm³/mol. The van der Waals surface area contributed by atoms with Crippen LogP contribution in [0.4, 0.5) is 0 Å². The molecular formula is C28H27NO4. The Bertz CT molecular complexity index is 1290. The van der Waals surface area contributed by atoms with Crippen LogP contribution in [0.15, 0.2) is 66.2 Å². The lowest BCUT2D eigenvalue weighted by Crippen LogP contribution is -2.29. The van der Waals surface area contributed by atoms with Gasteiger partial charge in [-0.25, -0.2) is 0 Å². The maximum Gasteiger partial charge on any atom is 0.295 e. The molecule has 2 N–H and O–H groups in total. The molecule has 0 aliphatic carbocycles. The number of aliphatic hydroxyl groups is 1. The molecule has 0 bridgehead atoms. The number of Topliss-reactive ketones (excluding diaryl/α,β-unsaturated/α-hetero) is 1. The Morgan fingerprint density at radius 1 is 0.848 bits per heavy atom. The number of phenolic OH excluding ortho intramolecular Hbond substituents is 1. The molecule has 1 aliphatic rings. The summed E-state index contributed by atoms with van der Waals surface area (Å²) < 4.78 is 0. The fourth-order valence-corrected chi connectivity index (χ4v) is 4.24. The zero-order chi connectivity index (χ0) is 23.9. The van der Waals surface area contributed by atoms with Gasteiger partial charge < -0.3 is 15.1 Å². The van der Waals surface area contributed by atoms with Gasteiger partial charge in [-0.2, -0.15) is 0 Å². The van der Waals surface area contributed by atoms with E-state index in [0.717, 1.165) is 27.8 Å². The third-order valence-electron chi connectivity index (χ3n) is 6.37. The zero-order valence-electron chi connectivity index (χ0n) is 19.2. The number of hydrogen-bond acceptors (Lipinski definition) is 4. The molecule has 5 heteroatoms. The van der Waals surface area contributed by atoms with Crippen LogP contribution in [-0.2, 0) is 16.1 Å². The maximum atomic E-state index is 13.2. The van der Waals surface area contributed by atoms with Crippen molar-refractivity contribution in [2.75, 3.05) is 0 Å². The Hall–Kier alpha value is -3.86. The molecular weight excluding hydrogens is 414 g/mol. The van der Waals surface area contributed by atoms with E-state index >= 15 is 0 Å². The highest BCUT2D eigenvalue weighted by Crippen LogP contribution is 2.41. The van der Waals surface area contributed by atoms with Gasteiger partial charge in [0.05, 0.1) is 11.6 Å². The summed E-state index contributed by atoms with van der Waals surface area (Å²) >= 11 is 0. The molecule has 3 aromatic carbocycles. The molecule has 168 valence electrons. The van der Waals surface area contributed by atoms with E-state index in [-0.39, 0.29) is 23.6 Å². The minimum Gasteiger partial charge on any atom is -0.508 e. The number of ketones is 1. The van der Waals surface area contributed by atoms with Gasteiger partial charge in [0.2, 0.25) is 0 Å². The normalized spacial score (nSPS) is 17.6. The minimum atomic E-state index is -0.771. The molecule has 1 heterocycles.